The maximum Gasteiger partial charge on any atom is 0.140 e. The third-order valence-corrected chi connectivity index (χ3v) is 4.27. The van der Waals surface area contributed by atoms with E-state index in [0.717, 1.165) is 41.9 Å². The monoisotopic (exact) mass is 314 g/mol. The molecule has 1 atom stereocenters. The third kappa shape index (κ3) is 3.27. The largest absolute Gasteiger partial charge is 0.548 e. The Labute approximate surface area is 135 Å². The molecule has 0 amide bonds. The number of likely N-dealkylation sites (N-methyl/N-ethyl adjacent to an activating group) is 1. The standard InChI is InChI=1S/C17H22N4O2/c1-20(2)11-9-15-18-13-7-4-3-6-12(13)16(19-15)21-10-5-8-14(21)17(22)23/h3-4,6-7,14H,5,8-11H2,1-2H3,(H,22,23)/t14-/m1/s1. The van der Waals surface area contributed by atoms with E-state index in [1.165, 1.54) is 4.90 Å². The summed E-state index contributed by atoms with van der Waals surface area (Å²) in [4.78, 5) is 24.0. The quantitative estimate of drug-likeness (QED) is 0.769. The summed E-state index contributed by atoms with van der Waals surface area (Å²) in [6.45, 7) is 1.62. The molecule has 1 aromatic heterocycles. The van der Waals surface area contributed by atoms with E-state index in [2.05, 4.69) is 19.1 Å². The van der Waals surface area contributed by atoms with Crippen molar-refractivity contribution in [3.63, 3.8) is 0 Å². The lowest BCUT2D eigenvalue weighted by Crippen LogP contribution is -3.06. The van der Waals surface area contributed by atoms with Crippen LogP contribution in [-0.2, 0) is 11.2 Å². The van der Waals surface area contributed by atoms with Crippen molar-refractivity contribution in [2.45, 2.75) is 25.3 Å². The zero-order chi connectivity index (χ0) is 16.4. The molecule has 1 N–H and O–H groups in total. The van der Waals surface area contributed by atoms with Gasteiger partial charge in [-0.15, -0.1) is 0 Å². The Morgan fingerprint density at radius 1 is 1.35 bits per heavy atom. The number of hydrogen-bond acceptors (Lipinski definition) is 5. The highest BCUT2D eigenvalue weighted by molar-refractivity contribution is 5.91. The van der Waals surface area contributed by atoms with Crippen molar-refractivity contribution in [1.82, 2.24) is 9.97 Å². The van der Waals surface area contributed by atoms with E-state index in [0.29, 0.717) is 13.0 Å². The number of nitrogens with one attached hydrogen (secondary N) is 1. The fourth-order valence-corrected chi connectivity index (χ4v) is 3.06. The van der Waals surface area contributed by atoms with E-state index < -0.39 is 12.0 Å². The van der Waals surface area contributed by atoms with Gasteiger partial charge in [-0.3, -0.25) is 0 Å². The predicted octanol–water partition coefficient (Wildman–Crippen LogP) is -0.964. The minimum absolute atomic E-state index is 0.597. The summed E-state index contributed by atoms with van der Waals surface area (Å²) in [6, 6.07) is 7.19. The molecule has 0 radical (unpaired) electrons. The molecule has 0 spiro atoms. The number of carboxylic acid groups (broad SMARTS) is 1. The maximum atomic E-state index is 11.4. The molecule has 23 heavy (non-hydrogen) atoms. The normalized spacial score (nSPS) is 18.0. The van der Waals surface area contributed by atoms with Crippen molar-refractivity contribution >= 4 is 22.7 Å². The molecule has 0 aliphatic carbocycles. The van der Waals surface area contributed by atoms with Gasteiger partial charge in [0.05, 0.1) is 44.6 Å². The highest BCUT2D eigenvalue weighted by atomic mass is 16.4. The first-order chi connectivity index (χ1) is 11.1. The van der Waals surface area contributed by atoms with Crippen molar-refractivity contribution in [3.05, 3.63) is 30.1 Å². The van der Waals surface area contributed by atoms with E-state index in [1.807, 2.05) is 29.2 Å². The van der Waals surface area contributed by atoms with Crippen LogP contribution in [0.25, 0.3) is 10.9 Å². The molecular weight excluding hydrogens is 292 g/mol. The molecule has 1 aliphatic rings. The Hall–Kier alpha value is -2.21. The highest BCUT2D eigenvalue weighted by Gasteiger charge is 2.28. The number of hydrogen-bond donors (Lipinski definition) is 1. The predicted molar refractivity (Wildman–Crippen MR) is 86.3 cm³/mol. The Morgan fingerprint density at radius 2 is 2.13 bits per heavy atom. The summed E-state index contributed by atoms with van der Waals surface area (Å²) in [5.74, 6) is 0.472. The zero-order valence-corrected chi connectivity index (χ0v) is 13.6. The number of rotatable bonds is 5. The first-order valence-electron chi connectivity index (χ1n) is 8.08. The fourth-order valence-electron chi connectivity index (χ4n) is 3.06. The molecule has 1 aromatic carbocycles. The lowest BCUT2D eigenvalue weighted by Gasteiger charge is -2.27. The van der Waals surface area contributed by atoms with Crippen LogP contribution in [0, 0.1) is 0 Å². The van der Waals surface area contributed by atoms with E-state index in [4.69, 9.17) is 4.98 Å². The van der Waals surface area contributed by atoms with Gasteiger partial charge in [-0.05, 0) is 25.0 Å². The highest BCUT2D eigenvalue weighted by Crippen LogP contribution is 2.30. The van der Waals surface area contributed by atoms with Crippen molar-refractivity contribution in [3.8, 4) is 0 Å². The molecule has 1 saturated heterocycles. The van der Waals surface area contributed by atoms with Crippen LogP contribution in [0.3, 0.4) is 0 Å². The minimum atomic E-state index is -1.02. The molecule has 0 unspecified atom stereocenters. The Morgan fingerprint density at radius 3 is 2.87 bits per heavy atom. The lowest BCUT2D eigenvalue weighted by atomic mass is 10.2. The average molecular weight is 314 g/mol. The summed E-state index contributed by atoms with van der Waals surface area (Å²) < 4.78 is 0. The van der Waals surface area contributed by atoms with Gasteiger partial charge in [-0.2, -0.15) is 0 Å². The number of fused-ring (bicyclic) bond motifs is 1. The van der Waals surface area contributed by atoms with Gasteiger partial charge in [-0.1, -0.05) is 12.1 Å². The van der Waals surface area contributed by atoms with Crippen molar-refractivity contribution in [1.29, 1.82) is 0 Å². The Bertz CT molecular complexity index is 717. The summed E-state index contributed by atoms with van der Waals surface area (Å²) in [5, 5.41) is 12.3. The van der Waals surface area contributed by atoms with Gasteiger partial charge in [0.2, 0.25) is 0 Å². The van der Waals surface area contributed by atoms with Gasteiger partial charge in [0.25, 0.3) is 0 Å². The topological polar surface area (TPSA) is 73.6 Å². The number of aromatic nitrogens is 2. The first kappa shape index (κ1) is 15.7. The van der Waals surface area contributed by atoms with E-state index in [1.54, 1.807) is 0 Å². The molecular formula is C17H22N4O2. The van der Waals surface area contributed by atoms with Crippen LogP contribution in [0.4, 0.5) is 5.82 Å². The SMILES string of the molecule is C[NH+](C)CCc1nc(N2CCC[C@@H]2C(=O)[O-])c2ccccc2n1. The molecule has 3 rings (SSSR count). The smallest absolute Gasteiger partial charge is 0.140 e. The van der Waals surface area contributed by atoms with Crippen LogP contribution in [0.1, 0.15) is 18.7 Å². The van der Waals surface area contributed by atoms with E-state index >= 15 is 0 Å². The number of anilines is 1. The molecule has 2 heterocycles. The lowest BCUT2D eigenvalue weighted by molar-refractivity contribution is -0.858. The summed E-state index contributed by atoms with van der Waals surface area (Å²) >= 11 is 0. The van der Waals surface area contributed by atoms with Crippen LogP contribution in [0.5, 0.6) is 0 Å². The first-order valence-corrected chi connectivity index (χ1v) is 8.08. The number of quaternary nitrogens is 1. The summed E-state index contributed by atoms with van der Waals surface area (Å²) in [6.07, 6.45) is 2.22. The van der Waals surface area contributed by atoms with Crippen LogP contribution in [0.15, 0.2) is 24.3 Å². The number of carbonyl (C=O) groups is 1. The van der Waals surface area contributed by atoms with Crippen LogP contribution in [-0.4, -0.2) is 49.2 Å². The molecule has 1 aliphatic heterocycles. The number of aliphatic carboxylic acids is 1. The molecule has 122 valence electrons. The number of para-hydroxylation sites is 1. The van der Waals surface area contributed by atoms with Gasteiger partial charge >= 0.3 is 0 Å². The second kappa shape index (κ2) is 6.50. The van der Waals surface area contributed by atoms with Gasteiger partial charge in [0.1, 0.15) is 11.6 Å². The summed E-state index contributed by atoms with van der Waals surface area (Å²) in [7, 11) is 4.18. The third-order valence-electron chi connectivity index (χ3n) is 4.27. The molecule has 6 nitrogen and oxygen atoms in total. The number of benzene rings is 1. The Kier molecular flexibility index (Phi) is 4.43. The molecule has 6 heteroatoms. The second-order valence-corrected chi connectivity index (χ2v) is 6.36. The second-order valence-electron chi connectivity index (χ2n) is 6.36. The summed E-state index contributed by atoms with van der Waals surface area (Å²) in [5.41, 5.74) is 0.866. The van der Waals surface area contributed by atoms with Crippen molar-refractivity contribution in [2.24, 2.45) is 0 Å². The van der Waals surface area contributed by atoms with Crippen LogP contribution >= 0.6 is 0 Å². The van der Waals surface area contributed by atoms with E-state index in [-0.39, 0.29) is 0 Å². The molecule has 0 bridgehead atoms. The number of nitrogens with zero attached hydrogens (tertiary/aromatic N) is 3. The fraction of sp³-hybridized carbons (Fsp3) is 0.471. The van der Waals surface area contributed by atoms with Gasteiger partial charge in [-0.25, -0.2) is 9.97 Å². The van der Waals surface area contributed by atoms with Gasteiger partial charge in [0, 0.05) is 11.9 Å². The minimum Gasteiger partial charge on any atom is -0.548 e. The van der Waals surface area contributed by atoms with E-state index in [9.17, 15) is 9.90 Å². The molecule has 2 aromatic rings. The Balaban J connectivity index is 2.04. The van der Waals surface area contributed by atoms with Crippen molar-refractivity contribution in [2.75, 3.05) is 32.1 Å². The number of carboxylic acids is 1. The maximum absolute atomic E-state index is 11.4. The average Bonchev–Trinajstić information content (AvgIpc) is 3.01. The zero-order valence-electron chi connectivity index (χ0n) is 13.6. The van der Waals surface area contributed by atoms with Crippen molar-refractivity contribution < 1.29 is 14.8 Å². The van der Waals surface area contributed by atoms with Crippen LogP contribution < -0.4 is 14.9 Å². The van der Waals surface area contributed by atoms with Gasteiger partial charge < -0.3 is 19.7 Å². The van der Waals surface area contributed by atoms with Crippen LogP contribution in [0.2, 0.25) is 0 Å². The molecule has 1 fully saturated rings. The van der Waals surface area contributed by atoms with Gasteiger partial charge in [0.15, 0.2) is 0 Å². The number of carbonyl (C=O) groups excluding carboxylic acids is 1. The molecule has 0 saturated carbocycles.